The summed E-state index contributed by atoms with van der Waals surface area (Å²) in [6.07, 6.45) is 5.92. The van der Waals surface area contributed by atoms with Crippen LogP contribution >= 0.6 is 0 Å². The van der Waals surface area contributed by atoms with Crippen LogP contribution in [-0.2, 0) is 0 Å². The minimum absolute atomic E-state index is 0.0182. The summed E-state index contributed by atoms with van der Waals surface area (Å²) in [5.74, 6) is 0. The molecule has 0 amide bonds. The number of anilines is 12. The predicted molar refractivity (Wildman–Crippen MR) is 443 cm³/mol. The molecule has 4 aliphatic rings. The molecule has 538 valence electrons. The molecule has 4 aliphatic heterocycles. The monoisotopic (exact) mass is 1430 g/mol. The summed E-state index contributed by atoms with van der Waals surface area (Å²) in [5, 5.41) is 7.87. The molecule has 0 radical (unpaired) electrons. The van der Waals surface area contributed by atoms with Gasteiger partial charge in [-0.15, -0.1) is 0 Å². The van der Waals surface area contributed by atoms with Gasteiger partial charge in [-0.1, -0.05) is 118 Å². The van der Waals surface area contributed by atoms with Crippen LogP contribution in [0.3, 0.4) is 0 Å². The van der Waals surface area contributed by atoms with Crippen LogP contribution in [0.1, 0.15) is 108 Å². The fourth-order valence-corrected chi connectivity index (χ4v) is 16.6. The van der Waals surface area contributed by atoms with Gasteiger partial charge in [-0.05, 0) is 201 Å². The third-order valence-electron chi connectivity index (χ3n) is 21.3. The van der Waals surface area contributed by atoms with Gasteiger partial charge < -0.3 is 56.9 Å². The molecule has 4 atom stereocenters. The van der Waals surface area contributed by atoms with E-state index in [4.69, 9.17) is 34.1 Å². The Labute approximate surface area is 641 Å². The van der Waals surface area contributed by atoms with E-state index in [1.165, 1.54) is 11.8 Å². The van der Waals surface area contributed by atoms with Crippen LogP contribution < -0.4 is 39.2 Å². The van der Waals surface area contributed by atoms with Crippen molar-refractivity contribution in [2.45, 2.75) is 127 Å². The minimum Gasteiger partial charge on any atom is -0.435 e. The molecule has 0 spiro atoms. The van der Waals surface area contributed by atoms with Gasteiger partial charge in [-0.3, -0.25) is 0 Å². The second-order valence-electron chi connectivity index (χ2n) is 28.5. The molecule has 20 rings (SSSR count). The summed E-state index contributed by atoms with van der Waals surface area (Å²) in [6, 6.07) is 63.0. The number of nitrogens with zero attached hydrogens (tertiary/aromatic N) is 12. The zero-order valence-electron chi connectivity index (χ0n) is 73.8. The first kappa shape index (κ1) is 55.4. The Hall–Kier alpha value is -12.0. The number of benzene rings is 8. The van der Waals surface area contributed by atoms with Crippen molar-refractivity contribution >= 4 is 157 Å². The first-order valence-electron chi connectivity index (χ1n) is 42.2. The summed E-state index contributed by atoms with van der Waals surface area (Å²) in [5.41, 5.74) is 18.7. The Balaban J connectivity index is 0.000000114. The molecule has 0 saturated carbocycles. The first-order chi connectivity index (χ1) is 56.5. The maximum Gasteiger partial charge on any atom is 0.227 e. The van der Waals surface area contributed by atoms with Gasteiger partial charge >= 0.3 is 0 Å². The predicted octanol–water partition coefficient (Wildman–Crippen LogP) is 23.5. The van der Waals surface area contributed by atoms with Crippen LogP contribution in [0.25, 0.3) is 88.3 Å². The molecule has 107 heavy (non-hydrogen) atoms. The Bertz CT molecular complexity index is 6170. The number of rotatable bonds is 7. The molecule has 8 aromatic carbocycles. The zero-order chi connectivity index (χ0) is 84.2. The summed E-state index contributed by atoms with van der Waals surface area (Å²) < 4.78 is 123. The average molecular weight is 1430 g/mol. The molecule has 8 aromatic heterocycles. The third-order valence-corrected chi connectivity index (χ3v) is 21.3. The topological polar surface area (TPSA) is 130 Å². The van der Waals surface area contributed by atoms with Crippen molar-refractivity contribution in [2.24, 2.45) is 5.41 Å². The van der Waals surface area contributed by atoms with Gasteiger partial charge in [0, 0.05) is 109 Å². The summed E-state index contributed by atoms with van der Waals surface area (Å²) >= 11 is 0. The SMILES string of the molecule is [2H]C(C)(C)N1c2ccccc2N(c2c(C)ccc3c2oc2ncccc23)[C@H]1C.[2H]C([2H])(C)N1c2ccccc2N(c2c(C)ccc3c2oc2ncccc23)[C@H]1C.[2H]C([2H])([2H])C(C)(CN1c2ccccc2N(c2c(C)ccc3c2oc2ncccc23)[C@H]1C)C([2H])([2H])[2H].[2H]C([2H])([2H])N1c2ccccc2N(c2c(C)ccc3c2oc2ncccc23)[C@H]1C. The Morgan fingerprint density at radius 1 is 0.383 bits per heavy atom. The molecular weight excluding hydrogens is 1330 g/mol. The molecule has 16 heteroatoms. The Morgan fingerprint density at radius 2 is 0.692 bits per heavy atom. The number of aryl methyl sites for hydroxylation is 4. The van der Waals surface area contributed by atoms with Crippen molar-refractivity contribution in [3.8, 4) is 0 Å². The summed E-state index contributed by atoms with van der Waals surface area (Å²) in [4.78, 5) is 33.5. The van der Waals surface area contributed by atoms with Gasteiger partial charge in [0.1, 0.15) is 24.7 Å². The second kappa shape index (κ2) is 26.5. The summed E-state index contributed by atoms with van der Waals surface area (Å²) in [7, 11) is 0. The van der Waals surface area contributed by atoms with Gasteiger partial charge in [0.05, 0.1) is 69.6 Å². The fraction of sp³-hybridized carbons (Fsp3) is 0.253. The highest BCUT2D eigenvalue weighted by atomic mass is 16.4. The van der Waals surface area contributed by atoms with E-state index in [2.05, 4.69) is 108 Å². The standard InChI is InChI=1S/C25H27N3O.C23H23N3O.C22H21N3O.C21H19N3O/c1-16-12-13-18-19-9-8-14-26-24(19)29-23(18)22(16)28-17(2)27(15-25(3,4)5)20-10-6-7-11-21(20)28;1-14(2)25-16(4)26(20-10-6-5-9-19(20)25)21-15(3)11-12-17-18-8-7-13-24-23(18)27-22(17)21;1-4-24-15(3)25(19-10-6-5-9-18(19)24)20-14(2)11-12-16-17-8-7-13-23-22(17)26-21(16)20;1-13-10-11-15-16-7-6-12-22-21(16)25-20(15)19(13)24-14(2)23(3)17-8-4-5-9-18(17)24/h6-14,17H,15H2,1-5H3;5-14,16H,1-4H3;5-13,15H,4H2,1-3H3;4-12,14H,1-3H3/t17-;16-;15-;14-/m0000/s1/i3D3,4D3;14D;4D2;3D3. The third kappa shape index (κ3) is 11.1. The van der Waals surface area contributed by atoms with Gasteiger partial charge in [0.2, 0.25) is 22.9 Å². The van der Waals surface area contributed by atoms with Crippen LogP contribution in [0.2, 0.25) is 0 Å². The van der Waals surface area contributed by atoms with Gasteiger partial charge in [0.25, 0.3) is 0 Å². The lowest BCUT2D eigenvalue weighted by atomic mass is 9.95. The molecule has 0 bridgehead atoms. The van der Waals surface area contributed by atoms with E-state index in [1.54, 1.807) is 31.7 Å². The average Bonchev–Trinajstić information content (AvgIpc) is 1.58. The molecule has 0 N–H and O–H groups in total. The number of aromatic nitrogens is 4. The van der Waals surface area contributed by atoms with E-state index < -0.39 is 44.8 Å². The maximum absolute atomic E-state index is 8.71. The highest BCUT2D eigenvalue weighted by molar-refractivity contribution is 6.14. The highest BCUT2D eigenvalue weighted by Crippen LogP contribution is 2.54. The van der Waals surface area contributed by atoms with Gasteiger partial charge in [0.15, 0.2) is 22.3 Å². The molecule has 0 unspecified atom stereocenters. The second-order valence-corrected chi connectivity index (χ2v) is 28.5. The number of fused-ring (bicyclic) bond motifs is 16. The van der Waals surface area contributed by atoms with E-state index in [9.17, 15) is 0 Å². The maximum atomic E-state index is 8.71. The summed E-state index contributed by atoms with van der Waals surface area (Å²) in [6.45, 7) is 13.8. The molecule has 16 nitrogen and oxygen atoms in total. The smallest absolute Gasteiger partial charge is 0.227 e. The van der Waals surface area contributed by atoms with E-state index in [1.807, 2.05) is 210 Å². The highest BCUT2D eigenvalue weighted by Gasteiger charge is 2.41. The molecular formula is C91H90N12O4. The van der Waals surface area contributed by atoms with E-state index in [0.29, 0.717) is 34.1 Å². The molecule has 12 heterocycles. The molecule has 16 aromatic rings. The number of furan rings is 4. The number of hydrogen-bond donors (Lipinski definition) is 0. The number of hydrogen-bond acceptors (Lipinski definition) is 16. The zero-order valence-corrected chi connectivity index (χ0v) is 61.8. The van der Waals surface area contributed by atoms with Crippen molar-refractivity contribution in [2.75, 3.05) is 59.2 Å². The van der Waals surface area contributed by atoms with Crippen molar-refractivity contribution in [3.63, 3.8) is 0 Å². The van der Waals surface area contributed by atoms with Crippen molar-refractivity contribution in [1.29, 1.82) is 0 Å². The quantitative estimate of drug-likeness (QED) is 0.150. The Kier molecular flexibility index (Phi) is 13.7. The molecule has 0 fully saturated rings. The van der Waals surface area contributed by atoms with E-state index >= 15 is 0 Å². The van der Waals surface area contributed by atoms with Gasteiger partial charge in [-0.2, -0.15) is 0 Å². The van der Waals surface area contributed by atoms with Gasteiger partial charge in [-0.25, -0.2) is 19.9 Å². The lowest BCUT2D eigenvalue weighted by molar-refractivity contribution is 0.400. The normalized spacial score (nSPS) is 19.0. The largest absolute Gasteiger partial charge is 0.435 e. The van der Waals surface area contributed by atoms with Crippen molar-refractivity contribution in [3.05, 3.63) is 241 Å². The van der Waals surface area contributed by atoms with Crippen molar-refractivity contribution < 1.29 is 34.1 Å². The van der Waals surface area contributed by atoms with Crippen LogP contribution in [0.15, 0.2) is 237 Å². The number of pyridine rings is 4. The molecule has 0 saturated heterocycles. The minimum atomic E-state index is -2.68. The lowest BCUT2D eigenvalue weighted by Gasteiger charge is -2.35. The first-order valence-corrected chi connectivity index (χ1v) is 36.2. The van der Waals surface area contributed by atoms with E-state index in [-0.39, 0.29) is 25.0 Å². The van der Waals surface area contributed by atoms with Crippen LogP contribution in [0.5, 0.6) is 0 Å². The van der Waals surface area contributed by atoms with Crippen LogP contribution in [0.4, 0.5) is 68.2 Å². The number of para-hydroxylation sites is 8. The lowest BCUT2D eigenvalue weighted by Crippen LogP contribution is -2.42. The molecule has 0 aliphatic carbocycles. The van der Waals surface area contributed by atoms with Crippen LogP contribution in [0, 0.1) is 33.1 Å². The van der Waals surface area contributed by atoms with Crippen LogP contribution in [-0.4, -0.2) is 70.6 Å². The Morgan fingerprint density at radius 3 is 1.05 bits per heavy atom. The van der Waals surface area contributed by atoms with Crippen molar-refractivity contribution in [1.82, 2.24) is 19.9 Å². The van der Waals surface area contributed by atoms with E-state index in [0.717, 1.165) is 145 Å². The fourth-order valence-electron chi connectivity index (χ4n) is 16.6.